The Morgan fingerprint density at radius 2 is 2.14 bits per heavy atom. The summed E-state index contributed by atoms with van der Waals surface area (Å²) in [6.07, 6.45) is 5.00. The SMILES string of the molecule is Cc1ccc(CN(C)c2nc(N)nc(-n3ccnc3)n2)o1. The molecule has 0 fully saturated rings. The fourth-order valence-corrected chi connectivity index (χ4v) is 1.91. The van der Waals surface area contributed by atoms with Crippen LogP contribution in [0.3, 0.4) is 0 Å². The Kier molecular flexibility index (Phi) is 3.27. The molecule has 3 aromatic rings. The van der Waals surface area contributed by atoms with Crippen molar-refractivity contribution in [3.63, 3.8) is 0 Å². The highest BCUT2D eigenvalue weighted by Crippen LogP contribution is 2.15. The molecule has 0 aromatic carbocycles. The minimum atomic E-state index is 0.158. The van der Waals surface area contributed by atoms with E-state index in [9.17, 15) is 0 Å². The number of nitrogens with zero attached hydrogens (tertiary/aromatic N) is 6. The van der Waals surface area contributed by atoms with Gasteiger partial charge in [0.15, 0.2) is 0 Å². The lowest BCUT2D eigenvalue weighted by Gasteiger charge is -2.16. The number of anilines is 2. The van der Waals surface area contributed by atoms with Crippen LogP contribution in [-0.4, -0.2) is 31.6 Å². The van der Waals surface area contributed by atoms with Crippen molar-refractivity contribution >= 4 is 11.9 Å². The van der Waals surface area contributed by atoms with Gasteiger partial charge in [0.2, 0.25) is 17.8 Å². The molecule has 3 rings (SSSR count). The molecule has 0 aliphatic rings. The Labute approximate surface area is 121 Å². The standard InChI is InChI=1S/C13H15N7O/c1-9-3-4-10(21-9)7-19(2)12-16-11(14)17-13(18-12)20-6-5-15-8-20/h3-6,8H,7H2,1-2H3,(H2,14,16,17,18). The second kappa shape index (κ2) is 5.23. The minimum absolute atomic E-state index is 0.158. The van der Waals surface area contributed by atoms with E-state index < -0.39 is 0 Å². The molecular formula is C13H15N7O. The molecule has 0 spiro atoms. The third-order valence-corrected chi connectivity index (χ3v) is 2.89. The van der Waals surface area contributed by atoms with Crippen LogP contribution >= 0.6 is 0 Å². The summed E-state index contributed by atoms with van der Waals surface area (Å²) in [4.78, 5) is 18.4. The van der Waals surface area contributed by atoms with E-state index in [1.807, 2.05) is 31.0 Å². The summed E-state index contributed by atoms with van der Waals surface area (Å²) in [7, 11) is 1.87. The molecule has 21 heavy (non-hydrogen) atoms. The number of nitrogen functional groups attached to an aromatic ring is 1. The van der Waals surface area contributed by atoms with Gasteiger partial charge in [-0.1, -0.05) is 0 Å². The van der Waals surface area contributed by atoms with Crippen LogP contribution in [0, 0.1) is 6.92 Å². The van der Waals surface area contributed by atoms with Gasteiger partial charge < -0.3 is 15.1 Å². The van der Waals surface area contributed by atoms with E-state index in [4.69, 9.17) is 10.2 Å². The summed E-state index contributed by atoms with van der Waals surface area (Å²) in [5.74, 6) is 2.76. The molecule has 108 valence electrons. The second-order valence-electron chi connectivity index (χ2n) is 4.63. The molecular weight excluding hydrogens is 270 g/mol. The second-order valence-corrected chi connectivity index (χ2v) is 4.63. The molecule has 0 saturated carbocycles. The zero-order valence-corrected chi connectivity index (χ0v) is 11.8. The Morgan fingerprint density at radius 3 is 2.81 bits per heavy atom. The van der Waals surface area contributed by atoms with E-state index in [1.165, 1.54) is 0 Å². The molecule has 3 heterocycles. The molecule has 8 nitrogen and oxygen atoms in total. The number of hydrogen-bond acceptors (Lipinski definition) is 7. The van der Waals surface area contributed by atoms with Crippen LogP contribution in [0.2, 0.25) is 0 Å². The fraction of sp³-hybridized carbons (Fsp3) is 0.231. The van der Waals surface area contributed by atoms with Crippen LogP contribution in [0.4, 0.5) is 11.9 Å². The molecule has 0 atom stereocenters. The van der Waals surface area contributed by atoms with Crippen molar-refractivity contribution in [2.24, 2.45) is 0 Å². The lowest BCUT2D eigenvalue weighted by Crippen LogP contribution is -2.21. The van der Waals surface area contributed by atoms with Crippen LogP contribution < -0.4 is 10.6 Å². The molecule has 0 aliphatic carbocycles. The summed E-state index contributed by atoms with van der Waals surface area (Å²) in [6, 6.07) is 3.84. The Morgan fingerprint density at radius 1 is 1.29 bits per heavy atom. The van der Waals surface area contributed by atoms with Gasteiger partial charge in [-0.25, -0.2) is 4.98 Å². The average Bonchev–Trinajstić information content (AvgIpc) is 3.10. The maximum atomic E-state index is 5.75. The number of aromatic nitrogens is 5. The summed E-state index contributed by atoms with van der Waals surface area (Å²) >= 11 is 0. The first-order valence-corrected chi connectivity index (χ1v) is 6.38. The molecule has 3 aromatic heterocycles. The zero-order valence-electron chi connectivity index (χ0n) is 11.8. The first-order valence-electron chi connectivity index (χ1n) is 6.38. The Hall–Kier alpha value is -2.90. The summed E-state index contributed by atoms with van der Waals surface area (Å²) in [5.41, 5.74) is 5.75. The van der Waals surface area contributed by atoms with Crippen molar-refractivity contribution in [2.75, 3.05) is 17.7 Å². The van der Waals surface area contributed by atoms with Crippen molar-refractivity contribution in [1.82, 2.24) is 24.5 Å². The largest absolute Gasteiger partial charge is 0.464 e. The number of imidazole rings is 1. The number of aryl methyl sites for hydroxylation is 1. The lowest BCUT2D eigenvalue weighted by atomic mass is 10.4. The van der Waals surface area contributed by atoms with Crippen molar-refractivity contribution in [1.29, 1.82) is 0 Å². The lowest BCUT2D eigenvalue weighted by molar-refractivity contribution is 0.480. The van der Waals surface area contributed by atoms with Gasteiger partial charge in [0.1, 0.15) is 17.8 Å². The van der Waals surface area contributed by atoms with Crippen molar-refractivity contribution in [2.45, 2.75) is 13.5 Å². The number of nitrogens with two attached hydrogens (primary N) is 1. The van der Waals surface area contributed by atoms with Gasteiger partial charge in [0.25, 0.3) is 0 Å². The van der Waals surface area contributed by atoms with Gasteiger partial charge in [-0.15, -0.1) is 0 Å². The monoisotopic (exact) mass is 285 g/mol. The quantitative estimate of drug-likeness (QED) is 0.768. The van der Waals surface area contributed by atoms with Gasteiger partial charge in [0, 0.05) is 19.4 Å². The van der Waals surface area contributed by atoms with Gasteiger partial charge in [0.05, 0.1) is 6.54 Å². The minimum Gasteiger partial charge on any atom is -0.464 e. The summed E-state index contributed by atoms with van der Waals surface area (Å²) < 4.78 is 7.22. The van der Waals surface area contributed by atoms with Crippen molar-refractivity contribution < 1.29 is 4.42 Å². The summed E-state index contributed by atoms with van der Waals surface area (Å²) in [6.45, 7) is 2.45. The molecule has 0 bridgehead atoms. The van der Waals surface area contributed by atoms with Gasteiger partial charge in [-0.2, -0.15) is 15.0 Å². The van der Waals surface area contributed by atoms with Crippen molar-refractivity contribution in [3.8, 4) is 5.95 Å². The maximum Gasteiger partial charge on any atom is 0.241 e. The molecule has 8 heteroatoms. The zero-order chi connectivity index (χ0) is 14.8. The normalized spacial score (nSPS) is 10.8. The smallest absolute Gasteiger partial charge is 0.241 e. The molecule has 0 unspecified atom stereocenters. The Bertz CT molecular complexity index is 735. The van der Waals surface area contributed by atoms with Gasteiger partial charge in [-0.05, 0) is 19.1 Å². The maximum absolute atomic E-state index is 5.75. The number of rotatable bonds is 4. The first kappa shape index (κ1) is 13.1. The van der Waals surface area contributed by atoms with Crippen LogP contribution in [0.1, 0.15) is 11.5 Å². The third-order valence-electron chi connectivity index (χ3n) is 2.89. The highest BCUT2D eigenvalue weighted by molar-refractivity contribution is 5.37. The fourth-order valence-electron chi connectivity index (χ4n) is 1.91. The highest BCUT2D eigenvalue weighted by Gasteiger charge is 2.12. The van der Waals surface area contributed by atoms with Crippen LogP contribution in [0.25, 0.3) is 5.95 Å². The Balaban J connectivity index is 1.87. The molecule has 0 saturated heterocycles. The third kappa shape index (κ3) is 2.83. The first-order chi connectivity index (χ1) is 10.1. The van der Waals surface area contributed by atoms with Gasteiger partial charge >= 0.3 is 0 Å². The molecule has 2 N–H and O–H groups in total. The molecule has 0 amide bonds. The van der Waals surface area contributed by atoms with Gasteiger partial charge in [-0.3, -0.25) is 4.57 Å². The van der Waals surface area contributed by atoms with E-state index >= 15 is 0 Å². The van der Waals surface area contributed by atoms with Crippen LogP contribution in [0.15, 0.2) is 35.3 Å². The van der Waals surface area contributed by atoms with E-state index in [-0.39, 0.29) is 5.95 Å². The number of furan rings is 1. The predicted molar refractivity (Wildman–Crippen MR) is 76.9 cm³/mol. The highest BCUT2D eigenvalue weighted by atomic mass is 16.3. The summed E-state index contributed by atoms with van der Waals surface area (Å²) in [5, 5.41) is 0. The van der Waals surface area contributed by atoms with Crippen LogP contribution in [0.5, 0.6) is 0 Å². The van der Waals surface area contributed by atoms with Crippen LogP contribution in [-0.2, 0) is 6.54 Å². The number of hydrogen-bond donors (Lipinski definition) is 1. The molecule has 0 radical (unpaired) electrons. The average molecular weight is 285 g/mol. The topological polar surface area (TPSA) is 98.9 Å². The van der Waals surface area contributed by atoms with Crippen molar-refractivity contribution in [3.05, 3.63) is 42.4 Å². The molecule has 0 aliphatic heterocycles. The predicted octanol–water partition coefficient (Wildman–Crippen LogP) is 1.18. The van der Waals surface area contributed by atoms with E-state index in [2.05, 4.69) is 19.9 Å². The van der Waals surface area contributed by atoms with E-state index in [1.54, 1.807) is 23.3 Å². The van der Waals surface area contributed by atoms with E-state index in [0.29, 0.717) is 18.4 Å². The van der Waals surface area contributed by atoms with E-state index in [0.717, 1.165) is 11.5 Å².